The van der Waals surface area contributed by atoms with E-state index in [-0.39, 0.29) is 0 Å². The smallest absolute Gasteiger partial charge is 0.174 e. The zero-order chi connectivity index (χ0) is 33.4. The molecule has 4 aromatic rings. The number of hydrogen-bond acceptors (Lipinski definition) is 2. The highest BCUT2D eigenvalue weighted by Crippen LogP contribution is 2.33. The van der Waals surface area contributed by atoms with Gasteiger partial charge in [-0.2, -0.15) is 0 Å². The zero-order valence-corrected chi connectivity index (χ0v) is 27.6. The van der Waals surface area contributed by atoms with Crippen molar-refractivity contribution in [2.45, 2.75) is 44.7 Å². The van der Waals surface area contributed by atoms with E-state index in [0.717, 1.165) is 89.3 Å². The van der Waals surface area contributed by atoms with Gasteiger partial charge in [-0.15, -0.1) is 26.3 Å². The average molecular weight is 612 g/mol. The third-order valence-corrected chi connectivity index (χ3v) is 8.32. The molecule has 4 N–H and O–H groups in total. The Bertz CT molecular complexity index is 1520. The number of benzene rings is 4. The van der Waals surface area contributed by atoms with Crippen LogP contribution in [0.15, 0.2) is 159 Å². The van der Waals surface area contributed by atoms with Crippen LogP contribution >= 0.6 is 0 Å². The maximum Gasteiger partial charge on any atom is 0.174 e. The Morgan fingerprint density at radius 3 is 0.957 bits per heavy atom. The standard InChI is InChI=1S/C43H46B2N2/c1-5-18-32-22-9-13-26-36(32)40(37-27-14-10-23-33(37)19-6-2)42(46)44-30-17-31-45-43(47)41(38-28-15-11-24-34(38)20-7-3)39-29-16-12-25-35(39)21-8-4/h5-16,22-29H,1-4,17-21,30-31,46-47H2. The van der Waals surface area contributed by atoms with Crippen LogP contribution in [0.4, 0.5) is 0 Å². The summed E-state index contributed by atoms with van der Waals surface area (Å²) in [6, 6.07) is 33.9. The van der Waals surface area contributed by atoms with Gasteiger partial charge in [-0.1, -0.05) is 140 Å². The minimum absolute atomic E-state index is 0.769. The molecule has 0 aromatic heterocycles. The number of nitrogens with two attached hydrogens (primary N) is 2. The summed E-state index contributed by atoms with van der Waals surface area (Å²) in [6.45, 7) is 16.0. The number of allylic oxidation sites excluding steroid dienone is 4. The van der Waals surface area contributed by atoms with E-state index in [2.05, 4.69) is 138 Å². The molecule has 0 heterocycles. The van der Waals surface area contributed by atoms with Crippen LogP contribution < -0.4 is 11.5 Å². The molecule has 47 heavy (non-hydrogen) atoms. The van der Waals surface area contributed by atoms with Crippen molar-refractivity contribution in [3.63, 3.8) is 0 Å². The molecule has 0 unspecified atom stereocenters. The van der Waals surface area contributed by atoms with Crippen LogP contribution in [0.2, 0.25) is 12.6 Å². The van der Waals surface area contributed by atoms with Gasteiger partial charge in [0.2, 0.25) is 0 Å². The van der Waals surface area contributed by atoms with Crippen LogP contribution in [0.25, 0.3) is 11.1 Å². The van der Waals surface area contributed by atoms with Crippen molar-refractivity contribution < 1.29 is 0 Å². The molecule has 0 aliphatic rings. The van der Waals surface area contributed by atoms with E-state index in [0.29, 0.717) is 0 Å². The van der Waals surface area contributed by atoms with Gasteiger partial charge >= 0.3 is 0 Å². The molecular weight excluding hydrogens is 566 g/mol. The molecule has 2 nitrogen and oxygen atoms in total. The first-order chi connectivity index (χ1) is 23.0. The van der Waals surface area contributed by atoms with Crippen molar-refractivity contribution >= 4 is 25.7 Å². The molecule has 0 spiro atoms. The third kappa shape index (κ3) is 9.08. The molecule has 0 atom stereocenters. The van der Waals surface area contributed by atoms with Crippen LogP contribution in [0.1, 0.15) is 50.9 Å². The Hall–Kier alpha value is -4.95. The van der Waals surface area contributed by atoms with Gasteiger partial charge < -0.3 is 11.5 Å². The Kier molecular flexibility index (Phi) is 13.6. The van der Waals surface area contributed by atoms with Crippen LogP contribution in [0.3, 0.4) is 0 Å². The highest BCUT2D eigenvalue weighted by atomic mass is 14.6. The summed E-state index contributed by atoms with van der Waals surface area (Å²) in [4.78, 5) is 0. The summed E-state index contributed by atoms with van der Waals surface area (Å²) in [7, 11) is 4.33. The minimum Gasteiger partial charge on any atom is -0.410 e. The number of hydrogen-bond donors (Lipinski definition) is 2. The van der Waals surface area contributed by atoms with E-state index in [4.69, 9.17) is 11.5 Å². The van der Waals surface area contributed by atoms with Crippen LogP contribution in [0.5, 0.6) is 0 Å². The summed E-state index contributed by atoms with van der Waals surface area (Å²) in [5.41, 5.74) is 26.9. The van der Waals surface area contributed by atoms with E-state index in [1.807, 2.05) is 24.3 Å². The lowest BCUT2D eigenvalue weighted by Crippen LogP contribution is -2.15. The average Bonchev–Trinajstić information content (AvgIpc) is 3.08. The van der Waals surface area contributed by atoms with Gasteiger partial charge in [0.1, 0.15) is 0 Å². The Morgan fingerprint density at radius 2 is 0.702 bits per heavy atom. The predicted molar refractivity (Wildman–Crippen MR) is 208 cm³/mol. The second-order valence-corrected chi connectivity index (χ2v) is 11.6. The van der Waals surface area contributed by atoms with E-state index >= 15 is 0 Å². The lowest BCUT2D eigenvalue weighted by Gasteiger charge is -2.20. The van der Waals surface area contributed by atoms with Crippen molar-refractivity contribution in [2.24, 2.45) is 11.5 Å². The molecule has 4 heteroatoms. The Balaban J connectivity index is 1.62. The molecular formula is C43H46B2N2. The molecule has 0 aliphatic heterocycles. The zero-order valence-electron chi connectivity index (χ0n) is 27.6. The van der Waals surface area contributed by atoms with Gasteiger partial charge in [0.25, 0.3) is 0 Å². The summed E-state index contributed by atoms with van der Waals surface area (Å²) in [5, 5.41) is 0. The summed E-state index contributed by atoms with van der Waals surface area (Å²) in [6.07, 6.45) is 13.4. The van der Waals surface area contributed by atoms with Gasteiger partial charge in [-0.25, -0.2) is 0 Å². The lowest BCUT2D eigenvalue weighted by atomic mass is 9.61. The molecule has 2 radical (unpaired) electrons. The molecule has 0 saturated carbocycles. The molecule has 4 rings (SSSR count). The van der Waals surface area contributed by atoms with Crippen LogP contribution in [0, 0.1) is 0 Å². The number of rotatable bonds is 18. The first-order valence-electron chi connectivity index (χ1n) is 16.5. The Labute approximate surface area is 284 Å². The van der Waals surface area contributed by atoms with Crippen LogP contribution in [-0.2, 0) is 25.7 Å². The largest absolute Gasteiger partial charge is 0.410 e. The summed E-state index contributed by atoms with van der Waals surface area (Å²) < 4.78 is 0. The van der Waals surface area contributed by atoms with E-state index < -0.39 is 0 Å². The second-order valence-electron chi connectivity index (χ2n) is 11.6. The Morgan fingerprint density at radius 1 is 0.447 bits per heavy atom. The summed E-state index contributed by atoms with van der Waals surface area (Å²) >= 11 is 0. The van der Waals surface area contributed by atoms with E-state index in [1.165, 1.54) is 22.3 Å². The SMILES string of the molecule is C=CCc1ccccc1C(=C(N)[B]CCC[B]C(N)=C(c1ccccc1CC=C)c1ccccc1CC=C)c1ccccc1CC=C. The molecule has 0 saturated heterocycles. The lowest BCUT2D eigenvalue weighted by molar-refractivity contribution is 1.06. The molecule has 234 valence electrons. The van der Waals surface area contributed by atoms with Gasteiger partial charge in [-0.3, -0.25) is 0 Å². The molecule has 0 amide bonds. The van der Waals surface area contributed by atoms with Crippen molar-refractivity contribution in [1.82, 2.24) is 0 Å². The molecule has 0 bridgehead atoms. The molecule has 4 aromatic carbocycles. The van der Waals surface area contributed by atoms with Gasteiger partial charge in [0, 0.05) is 0 Å². The van der Waals surface area contributed by atoms with Crippen molar-refractivity contribution in [2.75, 3.05) is 0 Å². The van der Waals surface area contributed by atoms with Gasteiger partial charge in [0.05, 0.1) is 0 Å². The van der Waals surface area contributed by atoms with Crippen molar-refractivity contribution in [1.29, 1.82) is 0 Å². The predicted octanol–water partition coefficient (Wildman–Crippen LogP) is 9.29. The van der Waals surface area contributed by atoms with Gasteiger partial charge in [0.15, 0.2) is 14.6 Å². The fourth-order valence-electron chi connectivity index (χ4n) is 6.14. The molecule has 0 aliphatic carbocycles. The molecule has 0 fully saturated rings. The monoisotopic (exact) mass is 612 g/mol. The van der Waals surface area contributed by atoms with Crippen molar-refractivity contribution in [3.05, 3.63) is 203 Å². The third-order valence-electron chi connectivity index (χ3n) is 8.32. The van der Waals surface area contributed by atoms with Gasteiger partial charge in [-0.05, 0) is 92.5 Å². The van der Waals surface area contributed by atoms with Crippen molar-refractivity contribution in [3.8, 4) is 0 Å². The second kappa shape index (κ2) is 18.3. The normalized spacial score (nSPS) is 10.4. The maximum atomic E-state index is 6.96. The van der Waals surface area contributed by atoms with E-state index in [9.17, 15) is 0 Å². The minimum atomic E-state index is 0.769. The maximum absolute atomic E-state index is 6.96. The fourth-order valence-corrected chi connectivity index (χ4v) is 6.14. The topological polar surface area (TPSA) is 52.0 Å². The quantitative estimate of drug-likeness (QED) is 0.0669. The highest BCUT2D eigenvalue weighted by Gasteiger charge is 2.18. The highest BCUT2D eigenvalue weighted by molar-refractivity contribution is 6.49. The fraction of sp³-hybridized carbons (Fsp3) is 0.163. The van der Waals surface area contributed by atoms with E-state index in [1.54, 1.807) is 0 Å². The first kappa shape index (κ1) is 34.9. The first-order valence-corrected chi connectivity index (χ1v) is 16.5. The van der Waals surface area contributed by atoms with Crippen LogP contribution in [-0.4, -0.2) is 14.6 Å². The summed E-state index contributed by atoms with van der Waals surface area (Å²) in [5.74, 6) is 0.